The quantitative estimate of drug-likeness (QED) is 0.843. The molecule has 1 aromatic heterocycles. The largest absolute Gasteiger partial charge is 0.355 e. The summed E-state index contributed by atoms with van der Waals surface area (Å²) in [6, 6.07) is 4.90. The van der Waals surface area contributed by atoms with Crippen LogP contribution in [0.15, 0.2) is 12.1 Å². The Morgan fingerprint density at radius 3 is 2.41 bits per heavy atom. The third-order valence-corrected chi connectivity index (χ3v) is 5.86. The highest BCUT2D eigenvalue weighted by Gasteiger charge is 2.26. The van der Waals surface area contributed by atoms with E-state index >= 15 is 0 Å². The highest BCUT2D eigenvalue weighted by molar-refractivity contribution is 5.90. The van der Waals surface area contributed by atoms with Gasteiger partial charge in [0.25, 0.3) is 5.91 Å². The van der Waals surface area contributed by atoms with Gasteiger partial charge >= 0.3 is 0 Å². The van der Waals surface area contributed by atoms with Crippen molar-refractivity contribution in [3.63, 3.8) is 0 Å². The van der Waals surface area contributed by atoms with Crippen molar-refractivity contribution in [1.82, 2.24) is 20.2 Å². The van der Waals surface area contributed by atoms with Crippen molar-refractivity contribution in [2.24, 2.45) is 0 Å². The number of rotatable bonds is 5. The fraction of sp³-hybridized carbons (Fsp3) is 0.522. The van der Waals surface area contributed by atoms with Crippen molar-refractivity contribution < 1.29 is 4.79 Å². The molecule has 1 amide bonds. The molecule has 6 heteroatoms. The van der Waals surface area contributed by atoms with Crippen molar-refractivity contribution in [2.45, 2.75) is 53.6 Å². The van der Waals surface area contributed by atoms with E-state index in [9.17, 15) is 4.79 Å². The van der Waals surface area contributed by atoms with E-state index in [4.69, 9.17) is 0 Å². The summed E-state index contributed by atoms with van der Waals surface area (Å²) in [5, 5.41) is 3.73. The van der Waals surface area contributed by atoms with Gasteiger partial charge in [-0.25, -0.2) is 9.97 Å². The number of benzene rings is 1. The molecular weight excluding hydrogens is 362 g/mol. The Morgan fingerprint density at radius 2 is 1.79 bits per heavy atom. The normalized spacial score (nSPS) is 16.4. The molecule has 29 heavy (non-hydrogen) atoms. The summed E-state index contributed by atoms with van der Waals surface area (Å²) in [4.78, 5) is 25.2. The van der Waals surface area contributed by atoms with Gasteiger partial charge in [0, 0.05) is 51.0 Å². The van der Waals surface area contributed by atoms with E-state index in [-0.39, 0.29) is 11.7 Å². The fourth-order valence-corrected chi connectivity index (χ4v) is 4.07. The molecule has 0 unspecified atom stereocenters. The van der Waals surface area contributed by atoms with Crippen molar-refractivity contribution in [2.75, 3.05) is 32.1 Å². The molecule has 156 valence electrons. The molecule has 1 aliphatic heterocycles. The average molecular weight is 396 g/mol. The van der Waals surface area contributed by atoms with E-state index < -0.39 is 0 Å². The Labute approximate surface area is 174 Å². The predicted octanol–water partition coefficient (Wildman–Crippen LogP) is 3.09. The van der Waals surface area contributed by atoms with Gasteiger partial charge in [-0.2, -0.15) is 0 Å². The highest BCUT2D eigenvalue weighted by atomic mass is 16.2. The predicted molar refractivity (Wildman–Crippen MR) is 118 cm³/mol. The zero-order chi connectivity index (χ0) is 21.3. The van der Waals surface area contributed by atoms with Gasteiger partial charge in [0.2, 0.25) is 5.82 Å². The number of hydrogen-bond donors (Lipinski definition) is 1. The minimum Gasteiger partial charge on any atom is -0.355 e. The first-order valence-corrected chi connectivity index (χ1v) is 10.3. The monoisotopic (exact) mass is 395 g/mol. The molecule has 0 bridgehead atoms. The first-order chi connectivity index (χ1) is 13.7. The molecular formula is C23H33N5O. The number of carbonyl (C=O) groups excluding carboxylic acids is 1. The van der Waals surface area contributed by atoms with E-state index in [1.54, 1.807) is 14.1 Å². The van der Waals surface area contributed by atoms with Gasteiger partial charge in [-0.05, 0) is 57.7 Å². The average Bonchev–Trinajstić information content (AvgIpc) is 3.11. The number of nitrogens with one attached hydrogen (secondary N) is 1. The van der Waals surface area contributed by atoms with Gasteiger partial charge < -0.3 is 15.1 Å². The molecule has 0 saturated carbocycles. The number of hydrogen-bond acceptors (Lipinski definition) is 5. The molecule has 1 fully saturated rings. The lowest BCUT2D eigenvalue weighted by atomic mass is 9.99. The minimum absolute atomic E-state index is 0.159. The lowest BCUT2D eigenvalue weighted by Gasteiger charge is -2.22. The van der Waals surface area contributed by atoms with Crippen LogP contribution in [0.4, 0.5) is 5.82 Å². The molecule has 1 N–H and O–H groups in total. The third kappa shape index (κ3) is 4.58. The number of aromatic nitrogens is 2. The van der Waals surface area contributed by atoms with Crippen LogP contribution in [0, 0.1) is 34.6 Å². The SMILES string of the molecule is Cc1cc(C)c(CN[C@@H]2CCN(c3nc(C(=O)N(C)C)nc(C)c3C)C2)c(C)c1. The minimum atomic E-state index is -0.159. The van der Waals surface area contributed by atoms with Crippen LogP contribution in [0.2, 0.25) is 0 Å². The molecule has 1 atom stereocenters. The van der Waals surface area contributed by atoms with Crippen LogP contribution < -0.4 is 10.2 Å². The summed E-state index contributed by atoms with van der Waals surface area (Å²) in [6.07, 6.45) is 1.06. The van der Waals surface area contributed by atoms with Crippen molar-refractivity contribution >= 4 is 11.7 Å². The second-order valence-electron chi connectivity index (χ2n) is 8.47. The second kappa shape index (κ2) is 8.49. The van der Waals surface area contributed by atoms with Gasteiger partial charge in [-0.15, -0.1) is 0 Å². The zero-order valence-corrected chi connectivity index (χ0v) is 18.8. The van der Waals surface area contributed by atoms with Crippen molar-refractivity contribution in [1.29, 1.82) is 0 Å². The van der Waals surface area contributed by atoms with Crippen LogP contribution in [0.25, 0.3) is 0 Å². The van der Waals surface area contributed by atoms with E-state index in [2.05, 4.69) is 53.1 Å². The number of aryl methyl sites for hydroxylation is 4. The number of anilines is 1. The van der Waals surface area contributed by atoms with Crippen molar-refractivity contribution in [3.8, 4) is 0 Å². The van der Waals surface area contributed by atoms with Crippen LogP contribution in [0.1, 0.15) is 50.6 Å². The number of nitrogens with zero attached hydrogens (tertiary/aromatic N) is 4. The summed E-state index contributed by atoms with van der Waals surface area (Å²) in [5.74, 6) is 0.999. The summed E-state index contributed by atoms with van der Waals surface area (Å²) in [5.41, 5.74) is 7.31. The first-order valence-electron chi connectivity index (χ1n) is 10.3. The maximum atomic E-state index is 12.4. The van der Waals surface area contributed by atoms with Crippen LogP contribution in [-0.4, -0.2) is 54.0 Å². The summed E-state index contributed by atoms with van der Waals surface area (Å²) in [7, 11) is 3.46. The lowest BCUT2D eigenvalue weighted by molar-refractivity contribution is 0.0815. The van der Waals surface area contributed by atoms with Gasteiger partial charge in [0.1, 0.15) is 5.82 Å². The van der Waals surface area contributed by atoms with Gasteiger partial charge in [-0.3, -0.25) is 4.79 Å². The molecule has 0 spiro atoms. The zero-order valence-electron chi connectivity index (χ0n) is 18.8. The highest BCUT2D eigenvalue weighted by Crippen LogP contribution is 2.25. The maximum Gasteiger partial charge on any atom is 0.291 e. The Bertz CT molecular complexity index is 899. The molecule has 2 heterocycles. The van der Waals surface area contributed by atoms with Crippen LogP contribution in [-0.2, 0) is 6.54 Å². The summed E-state index contributed by atoms with van der Waals surface area (Å²) >= 11 is 0. The molecule has 0 aliphatic carbocycles. The fourth-order valence-electron chi connectivity index (χ4n) is 4.07. The molecule has 3 rings (SSSR count). The maximum absolute atomic E-state index is 12.4. The second-order valence-corrected chi connectivity index (χ2v) is 8.47. The summed E-state index contributed by atoms with van der Waals surface area (Å²) in [6.45, 7) is 13.2. The lowest BCUT2D eigenvalue weighted by Crippen LogP contribution is -2.33. The number of carbonyl (C=O) groups is 1. The Morgan fingerprint density at radius 1 is 1.14 bits per heavy atom. The first kappa shape index (κ1) is 21.2. The van der Waals surface area contributed by atoms with Gasteiger partial charge in [0.15, 0.2) is 0 Å². The van der Waals surface area contributed by atoms with Crippen molar-refractivity contribution in [3.05, 3.63) is 51.5 Å². The van der Waals surface area contributed by atoms with Crippen LogP contribution in [0.5, 0.6) is 0 Å². The molecule has 0 radical (unpaired) electrons. The van der Waals surface area contributed by atoms with E-state index in [1.807, 2.05) is 13.8 Å². The molecule has 6 nitrogen and oxygen atoms in total. The van der Waals surface area contributed by atoms with Crippen LogP contribution >= 0.6 is 0 Å². The van der Waals surface area contributed by atoms with Gasteiger partial charge in [-0.1, -0.05) is 17.7 Å². The third-order valence-electron chi connectivity index (χ3n) is 5.86. The Balaban J connectivity index is 1.72. The summed E-state index contributed by atoms with van der Waals surface area (Å²) < 4.78 is 0. The molecule has 1 aromatic carbocycles. The van der Waals surface area contributed by atoms with E-state index in [0.717, 1.165) is 43.1 Å². The Kier molecular flexibility index (Phi) is 6.22. The molecule has 1 saturated heterocycles. The molecule has 2 aromatic rings. The van der Waals surface area contributed by atoms with E-state index in [0.29, 0.717) is 6.04 Å². The Hall–Kier alpha value is -2.47. The molecule has 1 aliphatic rings. The smallest absolute Gasteiger partial charge is 0.291 e. The topological polar surface area (TPSA) is 61.4 Å². The standard InChI is InChI=1S/C23H33N5O/c1-14-10-15(2)20(16(3)11-14)12-24-19-8-9-28(13-19)22-17(4)18(5)25-21(26-22)23(29)27(6)7/h10-11,19,24H,8-9,12-13H2,1-7H3/t19-/m1/s1. The van der Waals surface area contributed by atoms with E-state index in [1.165, 1.54) is 27.2 Å². The van der Waals surface area contributed by atoms with Crippen LogP contribution in [0.3, 0.4) is 0 Å². The number of amides is 1. The van der Waals surface area contributed by atoms with Gasteiger partial charge in [0.05, 0.1) is 0 Å².